The third-order valence-electron chi connectivity index (χ3n) is 2.84. The minimum atomic E-state index is -4.29. The highest BCUT2D eigenvalue weighted by Gasteiger charge is 2.33. The van der Waals surface area contributed by atoms with E-state index in [9.17, 15) is 18.0 Å². The van der Waals surface area contributed by atoms with Crippen LogP contribution >= 0.6 is 11.6 Å². The molecule has 0 aliphatic carbocycles. The van der Waals surface area contributed by atoms with Gasteiger partial charge in [-0.3, -0.25) is 9.59 Å². The second-order valence-corrected chi connectivity index (χ2v) is 6.64. The molecule has 7 heteroatoms. The zero-order chi connectivity index (χ0) is 16.3. The predicted molar refractivity (Wildman–Crippen MR) is 81.9 cm³/mol. The zero-order valence-electron chi connectivity index (χ0n) is 11.6. The van der Waals surface area contributed by atoms with Crippen molar-refractivity contribution in [2.24, 2.45) is 0 Å². The van der Waals surface area contributed by atoms with Gasteiger partial charge >= 0.3 is 0 Å². The number of hydrogen-bond donors (Lipinski definition) is 0. The number of amides is 2. The highest BCUT2D eigenvalue weighted by atomic mass is 35.5. The fourth-order valence-electron chi connectivity index (χ4n) is 1.83. The van der Waals surface area contributed by atoms with Gasteiger partial charge in [-0.2, -0.15) is 4.31 Å². The van der Waals surface area contributed by atoms with E-state index < -0.39 is 21.8 Å². The Morgan fingerprint density at radius 2 is 1.50 bits per heavy atom. The van der Waals surface area contributed by atoms with E-state index in [0.717, 1.165) is 6.92 Å². The largest absolute Gasteiger partial charge is 0.274 e. The summed E-state index contributed by atoms with van der Waals surface area (Å²) in [4.78, 5) is 23.9. The van der Waals surface area contributed by atoms with Crippen molar-refractivity contribution in [3.63, 3.8) is 0 Å². The highest BCUT2D eigenvalue weighted by Crippen LogP contribution is 2.20. The average molecular weight is 338 g/mol. The Labute approximate surface area is 133 Å². The number of nitrogens with zero attached hydrogens (tertiary/aromatic N) is 1. The maximum atomic E-state index is 12.5. The first kappa shape index (κ1) is 16.2. The van der Waals surface area contributed by atoms with E-state index in [-0.39, 0.29) is 14.8 Å². The van der Waals surface area contributed by atoms with Gasteiger partial charge in [0.25, 0.3) is 15.9 Å². The van der Waals surface area contributed by atoms with E-state index in [1.807, 2.05) is 0 Å². The molecule has 0 heterocycles. The molecule has 0 saturated carbocycles. The summed E-state index contributed by atoms with van der Waals surface area (Å²) in [6.45, 7) is 1.02. The quantitative estimate of drug-likeness (QED) is 0.863. The van der Waals surface area contributed by atoms with E-state index in [1.54, 1.807) is 18.2 Å². The van der Waals surface area contributed by atoms with E-state index in [0.29, 0.717) is 5.02 Å². The first-order valence-electron chi connectivity index (χ1n) is 6.25. The molecule has 2 aromatic rings. The van der Waals surface area contributed by atoms with Crippen LogP contribution in [0.15, 0.2) is 59.5 Å². The van der Waals surface area contributed by atoms with Gasteiger partial charge in [-0.1, -0.05) is 29.8 Å². The van der Waals surface area contributed by atoms with Crippen LogP contribution in [0, 0.1) is 0 Å². The second-order valence-electron chi connectivity index (χ2n) is 4.41. The van der Waals surface area contributed by atoms with Crippen LogP contribution in [0.3, 0.4) is 0 Å². The van der Waals surface area contributed by atoms with Crippen LogP contribution in [0.2, 0.25) is 5.02 Å². The third kappa shape index (κ3) is 3.18. The summed E-state index contributed by atoms with van der Waals surface area (Å²) in [5.74, 6) is -1.79. The van der Waals surface area contributed by atoms with Crippen LogP contribution in [0.25, 0.3) is 0 Å². The zero-order valence-corrected chi connectivity index (χ0v) is 13.1. The van der Waals surface area contributed by atoms with Crippen molar-refractivity contribution in [2.75, 3.05) is 0 Å². The Morgan fingerprint density at radius 3 is 2.00 bits per heavy atom. The van der Waals surface area contributed by atoms with Gasteiger partial charge in [0, 0.05) is 17.5 Å². The molecule has 0 saturated heterocycles. The summed E-state index contributed by atoms with van der Waals surface area (Å²) in [6, 6.07) is 13.0. The monoisotopic (exact) mass is 337 g/mol. The molecule has 2 amide bonds. The highest BCUT2D eigenvalue weighted by molar-refractivity contribution is 7.90. The fourth-order valence-corrected chi connectivity index (χ4v) is 3.31. The first-order valence-corrected chi connectivity index (χ1v) is 8.06. The van der Waals surface area contributed by atoms with E-state index in [4.69, 9.17) is 11.6 Å². The minimum Gasteiger partial charge on any atom is -0.274 e. The van der Waals surface area contributed by atoms with Gasteiger partial charge in [-0.05, 0) is 36.4 Å². The number of imide groups is 1. The van der Waals surface area contributed by atoms with Gasteiger partial charge in [0.05, 0.1) is 4.90 Å². The van der Waals surface area contributed by atoms with Crippen molar-refractivity contribution < 1.29 is 18.0 Å². The summed E-state index contributed by atoms with van der Waals surface area (Å²) in [5.41, 5.74) is 0.107. The molecular formula is C15H12ClNO4S. The first-order chi connectivity index (χ1) is 10.3. The molecule has 0 aliphatic rings. The Bertz CT molecular complexity index is 801. The molecule has 0 fully saturated rings. The van der Waals surface area contributed by atoms with E-state index in [1.165, 1.54) is 36.4 Å². The van der Waals surface area contributed by atoms with Gasteiger partial charge in [0.2, 0.25) is 5.91 Å². The molecule has 0 unspecified atom stereocenters. The van der Waals surface area contributed by atoms with Gasteiger partial charge in [0.1, 0.15) is 0 Å². The Hall–Kier alpha value is -2.18. The van der Waals surface area contributed by atoms with E-state index in [2.05, 4.69) is 0 Å². The molecule has 0 N–H and O–H groups in total. The molecule has 114 valence electrons. The maximum Gasteiger partial charge on any atom is 0.274 e. The molecule has 0 spiro atoms. The summed E-state index contributed by atoms with van der Waals surface area (Å²) >= 11 is 5.72. The Kier molecular flexibility index (Phi) is 4.63. The number of hydrogen-bond acceptors (Lipinski definition) is 4. The lowest BCUT2D eigenvalue weighted by Crippen LogP contribution is -2.40. The number of carbonyl (C=O) groups is 2. The molecule has 0 radical (unpaired) electrons. The van der Waals surface area contributed by atoms with Crippen LogP contribution < -0.4 is 0 Å². The molecule has 0 bridgehead atoms. The van der Waals surface area contributed by atoms with Crippen LogP contribution in [0.4, 0.5) is 0 Å². The molecule has 2 aromatic carbocycles. The standard InChI is InChI=1S/C15H12ClNO4S/c1-11(18)17(15(19)12-5-3-2-4-6-12)22(20,21)14-9-7-13(16)8-10-14/h2-10H,1H3. The van der Waals surface area contributed by atoms with Crippen molar-refractivity contribution in [1.82, 2.24) is 4.31 Å². The van der Waals surface area contributed by atoms with Gasteiger partial charge in [-0.15, -0.1) is 0 Å². The van der Waals surface area contributed by atoms with Crippen LogP contribution in [0.5, 0.6) is 0 Å². The lowest BCUT2D eigenvalue weighted by molar-refractivity contribution is -0.122. The molecule has 2 rings (SSSR count). The molecule has 0 atom stereocenters. The van der Waals surface area contributed by atoms with E-state index >= 15 is 0 Å². The number of rotatable bonds is 3. The lowest BCUT2D eigenvalue weighted by atomic mass is 10.2. The number of carbonyl (C=O) groups excluding carboxylic acids is 2. The number of benzene rings is 2. The van der Waals surface area contributed by atoms with Crippen molar-refractivity contribution in [3.05, 3.63) is 65.2 Å². The predicted octanol–water partition coefficient (Wildman–Crippen LogP) is 2.72. The summed E-state index contributed by atoms with van der Waals surface area (Å²) in [6.07, 6.45) is 0. The number of halogens is 1. The summed E-state index contributed by atoms with van der Waals surface area (Å²) in [5, 5.41) is 0.350. The van der Waals surface area contributed by atoms with Gasteiger partial charge in [0.15, 0.2) is 0 Å². The third-order valence-corrected chi connectivity index (χ3v) is 4.87. The van der Waals surface area contributed by atoms with Crippen molar-refractivity contribution in [3.8, 4) is 0 Å². The normalized spacial score (nSPS) is 11.0. The summed E-state index contributed by atoms with van der Waals surface area (Å²) < 4.78 is 25.3. The Morgan fingerprint density at radius 1 is 0.955 bits per heavy atom. The smallest absolute Gasteiger partial charge is 0.274 e. The lowest BCUT2D eigenvalue weighted by Gasteiger charge is -2.19. The fraction of sp³-hybridized carbons (Fsp3) is 0.0667. The number of sulfonamides is 1. The molecule has 0 aliphatic heterocycles. The van der Waals surface area contributed by atoms with Crippen LogP contribution in [0.1, 0.15) is 17.3 Å². The molecule has 0 aromatic heterocycles. The van der Waals surface area contributed by atoms with Crippen LogP contribution in [-0.4, -0.2) is 24.5 Å². The average Bonchev–Trinajstić information content (AvgIpc) is 2.48. The maximum absolute atomic E-state index is 12.5. The van der Waals surface area contributed by atoms with Crippen LogP contribution in [-0.2, 0) is 14.8 Å². The SMILES string of the molecule is CC(=O)N(C(=O)c1ccccc1)S(=O)(=O)c1ccc(Cl)cc1. The minimum absolute atomic E-state index is 0.107. The van der Waals surface area contributed by atoms with Crippen molar-refractivity contribution >= 4 is 33.4 Å². The molecule has 5 nitrogen and oxygen atoms in total. The second kappa shape index (κ2) is 6.29. The van der Waals surface area contributed by atoms with Gasteiger partial charge < -0.3 is 0 Å². The topological polar surface area (TPSA) is 71.5 Å². The summed E-state index contributed by atoms with van der Waals surface area (Å²) in [7, 11) is -4.29. The van der Waals surface area contributed by atoms with Crippen molar-refractivity contribution in [2.45, 2.75) is 11.8 Å². The van der Waals surface area contributed by atoms with Crippen molar-refractivity contribution in [1.29, 1.82) is 0 Å². The molecular weight excluding hydrogens is 326 g/mol. The van der Waals surface area contributed by atoms with Gasteiger partial charge in [-0.25, -0.2) is 8.42 Å². The molecule has 22 heavy (non-hydrogen) atoms. The Balaban J connectivity index is 2.50.